The van der Waals surface area contributed by atoms with Gasteiger partial charge in [-0.05, 0) is 88.9 Å². The summed E-state index contributed by atoms with van der Waals surface area (Å²) in [5.74, 6) is 1.39. The number of fused-ring (bicyclic) bond motifs is 3. The first-order chi connectivity index (χ1) is 31.2. The number of nitrogens with zero attached hydrogens (tertiary/aromatic N) is 3. The van der Waals surface area contributed by atoms with E-state index in [0.29, 0.717) is 5.92 Å². The van der Waals surface area contributed by atoms with E-state index in [1.807, 2.05) is 34.9 Å². The van der Waals surface area contributed by atoms with Crippen molar-refractivity contribution in [3.8, 4) is 0 Å². The lowest BCUT2D eigenvalue weighted by molar-refractivity contribution is -0.659. The molecule has 4 nitrogen and oxygen atoms in total. The molecule has 2 atom stereocenters. The van der Waals surface area contributed by atoms with Gasteiger partial charge in [-0.3, -0.25) is 0 Å². The van der Waals surface area contributed by atoms with Crippen LogP contribution in [0.2, 0.25) is 0 Å². The van der Waals surface area contributed by atoms with Crippen molar-refractivity contribution in [2.75, 3.05) is 9.80 Å². The minimum absolute atomic E-state index is 0.0704. The smallest absolute Gasteiger partial charge is 0.263 e. The molecule has 2 aliphatic heterocycles. The van der Waals surface area contributed by atoms with Gasteiger partial charge in [0.1, 0.15) is 10.5 Å². The van der Waals surface area contributed by atoms with Gasteiger partial charge in [0.15, 0.2) is 6.54 Å². The quantitative estimate of drug-likeness (QED) is 0.120. The second-order valence-corrected chi connectivity index (χ2v) is 21.6. The number of benzene rings is 6. The Kier molecular flexibility index (Phi) is 11.9. The van der Waals surface area contributed by atoms with Crippen LogP contribution < -0.4 is 14.4 Å². The summed E-state index contributed by atoms with van der Waals surface area (Å²) in [6.07, 6.45) is 11.3. The van der Waals surface area contributed by atoms with E-state index < -0.39 is 5.06 Å². The van der Waals surface area contributed by atoms with Crippen molar-refractivity contribution in [1.82, 2.24) is 0 Å². The van der Waals surface area contributed by atoms with Gasteiger partial charge in [-0.1, -0.05) is 189 Å². The fourth-order valence-corrected chi connectivity index (χ4v) is 12.4. The number of thiazole rings is 1. The Morgan fingerprint density at radius 3 is 1.98 bits per heavy atom. The molecule has 3 aliphatic rings. The second-order valence-electron chi connectivity index (χ2n) is 18.1. The van der Waals surface area contributed by atoms with Gasteiger partial charge in [-0.25, -0.2) is 0 Å². The molecular weight excluding hydrogens is 839 g/mol. The van der Waals surface area contributed by atoms with Crippen molar-refractivity contribution in [3.63, 3.8) is 0 Å². The van der Waals surface area contributed by atoms with Crippen molar-refractivity contribution in [1.29, 1.82) is 0 Å². The van der Waals surface area contributed by atoms with Crippen LogP contribution >= 0.6 is 34.9 Å². The van der Waals surface area contributed by atoms with Gasteiger partial charge >= 0.3 is 0 Å². The first-order valence-electron chi connectivity index (χ1n) is 22.3. The summed E-state index contributed by atoms with van der Waals surface area (Å²) < 4.78 is 11.5. The van der Waals surface area contributed by atoms with Gasteiger partial charge < -0.3 is 14.5 Å². The average Bonchev–Trinajstić information content (AvgIpc) is 3.94. The normalized spacial score (nSPS) is 19.9. The SMILES string of the molecule is CC(C)(C)C1CC(/C=C/c2sc3ccccc3[n+]2Cc2ccccc2)=C(OC2(C)Sc3ccccc3N2Cc2ccccc2)C(=C/C=C2\Sc3ccccc3N2Cc2ccccc2)/C1. The van der Waals surface area contributed by atoms with E-state index in [4.69, 9.17) is 4.74 Å². The van der Waals surface area contributed by atoms with E-state index in [9.17, 15) is 0 Å². The van der Waals surface area contributed by atoms with Crippen LogP contribution in [-0.2, 0) is 24.4 Å². The van der Waals surface area contributed by atoms with Gasteiger partial charge in [-0.2, -0.15) is 4.57 Å². The molecule has 1 aliphatic carbocycles. The molecule has 1 aromatic heterocycles. The molecule has 3 heterocycles. The van der Waals surface area contributed by atoms with Crippen LogP contribution in [0.25, 0.3) is 16.3 Å². The highest BCUT2D eigenvalue weighted by Gasteiger charge is 2.45. The van der Waals surface area contributed by atoms with Crippen molar-refractivity contribution in [2.45, 2.75) is 75.0 Å². The highest BCUT2D eigenvalue weighted by Crippen LogP contribution is 2.55. The molecule has 320 valence electrons. The fourth-order valence-electron chi connectivity index (χ4n) is 9.09. The summed E-state index contributed by atoms with van der Waals surface area (Å²) >= 11 is 5.53. The van der Waals surface area contributed by atoms with E-state index >= 15 is 0 Å². The van der Waals surface area contributed by atoms with Crippen LogP contribution in [0.15, 0.2) is 214 Å². The molecule has 0 amide bonds. The lowest BCUT2D eigenvalue weighted by Gasteiger charge is -2.41. The first kappa shape index (κ1) is 42.2. The van der Waals surface area contributed by atoms with E-state index in [2.05, 4.69) is 230 Å². The summed E-state index contributed by atoms with van der Waals surface area (Å²) in [5, 5.41) is 1.73. The predicted molar refractivity (Wildman–Crippen MR) is 271 cm³/mol. The van der Waals surface area contributed by atoms with Gasteiger partial charge in [-0.15, -0.1) is 0 Å². The predicted octanol–water partition coefficient (Wildman–Crippen LogP) is 15.0. The summed E-state index contributed by atoms with van der Waals surface area (Å²) in [5.41, 5.74) is 10.1. The zero-order chi connectivity index (χ0) is 43.7. The van der Waals surface area contributed by atoms with Crippen molar-refractivity contribution in [2.24, 2.45) is 11.3 Å². The van der Waals surface area contributed by atoms with E-state index in [1.165, 1.54) is 69.3 Å². The maximum Gasteiger partial charge on any atom is 0.263 e. The first-order valence-corrected chi connectivity index (χ1v) is 24.8. The zero-order valence-corrected chi connectivity index (χ0v) is 39.4. The summed E-state index contributed by atoms with van der Waals surface area (Å²) in [6.45, 7) is 11.8. The summed E-state index contributed by atoms with van der Waals surface area (Å²) in [6, 6.07) is 58.8. The second kappa shape index (κ2) is 18.0. The number of thioether (sulfide) groups is 2. The Labute approximate surface area is 391 Å². The number of para-hydroxylation sites is 3. The van der Waals surface area contributed by atoms with Crippen LogP contribution in [0.5, 0.6) is 0 Å². The molecule has 0 N–H and O–H groups in total. The molecule has 10 rings (SSSR count). The van der Waals surface area contributed by atoms with Crippen LogP contribution in [0.1, 0.15) is 62.2 Å². The van der Waals surface area contributed by atoms with Gasteiger partial charge in [0.05, 0.1) is 16.4 Å². The van der Waals surface area contributed by atoms with Crippen LogP contribution in [0, 0.1) is 11.3 Å². The Morgan fingerprint density at radius 2 is 1.27 bits per heavy atom. The third-order valence-electron chi connectivity index (χ3n) is 12.7. The molecule has 7 heteroatoms. The van der Waals surface area contributed by atoms with Crippen LogP contribution in [0.4, 0.5) is 11.4 Å². The Bertz CT molecular complexity index is 2910. The fraction of sp³-hybridized carbons (Fsp3) is 0.211. The van der Waals surface area contributed by atoms with Crippen molar-refractivity contribution >= 4 is 62.5 Å². The number of rotatable bonds is 11. The Hall–Kier alpha value is -5.73. The number of hydrogen-bond acceptors (Lipinski definition) is 6. The van der Waals surface area contributed by atoms with Crippen molar-refractivity contribution < 1.29 is 9.30 Å². The lowest BCUT2D eigenvalue weighted by Crippen LogP contribution is -2.43. The highest BCUT2D eigenvalue weighted by atomic mass is 32.2. The third kappa shape index (κ3) is 8.86. The molecule has 0 bridgehead atoms. The lowest BCUT2D eigenvalue weighted by atomic mass is 9.70. The van der Waals surface area contributed by atoms with Gasteiger partial charge in [0.2, 0.25) is 10.6 Å². The topological polar surface area (TPSA) is 19.6 Å². The monoisotopic (exact) mass is 892 g/mol. The van der Waals surface area contributed by atoms with Gasteiger partial charge in [0, 0.05) is 47.5 Å². The minimum Gasteiger partial charge on any atom is -0.458 e. The van der Waals surface area contributed by atoms with Gasteiger partial charge in [0.25, 0.3) is 5.01 Å². The zero-order valence-electron chi connectivity index (χ0n) is 37.0. The molecule has 0 fully saturated rings. The molecule has 0 radical (unpaired) electrons. The van der Waals surface area contributed by atoms with E-state index in [0.717, 1.165) is 38.2 Å². The average molecular weight is 893 g/mol. The highest BCUT2D eigenvalue weighted by molar-refractivity contribution is 8.03. The van der Waals surface area contributed by atoms with E-state index in [-0.39, 0.29) is 5.41 Å². The van der Waals surface area contributed by atoms with Crippen LogP contribution in [-0.4, -0.2) is 5.06 Å². The molecule has 64 heavy (non-hydrogen) atoms. The molecule has 0 saturated carbocycles. The number of aromatic nitrogens is 1. The third-order valence-corrected chi connectivity index (χ3v) is 16.2. The van der Waals surface area contributed by atoms with E-state index in [1.54, 1.807) is 0 Å². The Balaban J connectivity index is 1.12. The maximum absolute atomic E-state index is 7.76. The molecule has 7 aromatic rings. The molecule has 2 unspecified atom stereocenters. The standard InChI is InChI=1S/C57H54N3OS3/c1-56(2,3)46-36-44(32-34-53-58(38-41-20-8-5-9-21-41)47-26-14-17-29-50(47)62-53)55(61-57(4)60(40-43-24-12-7-13-25-43)49-28-16-19-31-52(49)64-57)45(37-46)33-35-54-59(39-42-22-10-6-11-23-42)48-27-15-18-30-51(48)63-54/h5-35,46H,36-40H2,1-4H3/q+1. The Morgan fingerprint density at radius 1 is 0.656 bits per heavy atom. The molecule has 0 spiro atoms. The number of anilines is 2. The van der Waals surface area contributed by atoms with Crippen molar-refractivity contribution in [3.05, 3.63) is 226 Å². The number of hydrogen-bond donors (Lipinski definition) is 0. The number of allylic oxidation sites excluding steroid dienone is 5. The van der Waals surface area contributed by atoms with Crippen LogP contribution in [0.3, 0.4) is 0 Å². The largest absolute Gasteiger partial charge is 0.458 e. The minimum atomic E-state index is -0.711. The summed E-state index contributed by atoms with van der Waals surface area (Å²) in [7, 11) is 0. The summed E-state index contributed by atoms with van der Waals surface area (Å²) in [4.78, 5) is 7.46. The molecule has 6 aromatic carbocycles. The molecular formula is C57H54N3OS3+. The molecule has 0 saturated heterocycles. The maximum atomic E-state index is 7.76. The number of ether oxygens (including phenoxy) is 1.